The summed E-state index contributed by atoms with van der Waals surface area (Å²) in [5.41, 5.74) is 2.24. The second kappa shape index (κ2) is 9.05. The molecule has 3 rings (SSSR count). The van der Waals surface area contributed by atoms with Crippen LogP contribution < -0.4 is 20.3 Å². The Bertz CT molecular complexity index is 786. The van der Waals surface area contributed by atoms with E-state index in [1.54, 1.807) is 31.4 Å². The molecule has 2 aromatic carbocycles. The molecule has 0 atom stereocenters. The maximum Gasteiger partial charge on any atom is 0.233 e. The molecule has 0 saturated carbocycles. The summed E-state index contributed by atoms with van der Waals surface area (Å²) in [7, 11) is 1.58. The first-order chi connectivity index (χ1) is 13.2. The fraction of sp³-hybridized carbons (Fsp3) is 0.300. The number of methoxy groups -OCH3 is 1. The van der Waals surface area contributed by atoms with Crippen LogP contribution in [0, 0.1) is 0 Å². The number of ether oxygens (including phenoxy) is 2. The number of morpholine rings is 1. The Hall–Kier alpha value is -3.06. The third kappa shape index (κ3) is 5.21. The van der Waals surface area contributed by atoms with Gasteiger partial charge in [0.15, 0.2) is 0 Å². The molecule has 1 saturated heterocycles. The maximum absolute atomic E-state index is 12.3. The molecule has 1 aliphatic heterocycles. The van der Waals surface area contributed by atoms with Crippen LogP contribution in [0.2, 0.25) is 0 Å². The second-order valence-corrected chi connectivity index (χ2v) is 6.12. The van der Waals surface area contributed by atoms with E-state index in [0.29, 0.717) is 30.3 Å². The summed E-state index contributed by atoms with van der Waals surface area (Å²) in [6, 6.07) is 14.5. The number of benzene rings is 2. The van der Waals surface area contributed by atoms with Crippen molar-refractivity contribution in [1.82, 2.24) is 0 Å². The van der Waals surface area contributed by atoms with Gasteiger partial charge in [0.2, 0.25) is 11.8 Å². The standard InChI is InChI=1S/C20H23N3O4/c1-26-16-8-6-15(7-9-16)21-19(24)14-20(25)22-17-4-2-3-5-18(17)23-10-12-27-13-11-23/h2-9H,10-14H2,1H3,(H,21,24)(H,22,25). The minimum Gasteiger partial charge on any atom is -0.497 e. The first-order valence-corrected chi connectivity index (χ1v) is 8.81. The predicted molar refractivity (Wildman–Crippen MR) is 104 cm³/mol. The molecular formula is C20H23N3O4. The van der Waals surface area contributed by atoms with Crippen molar-refractivity contribution in [3.63, 3.8) is 0 Å². The Morgan fingerprint density at radius 2 is 1.67 bits per heavy atom. The SMILES string of the molecule is COc1ccc(NC(=O)CC(=O)Nc2ccccc2N2CCOCC2)cc1. The highest BCUT2D eigenvalue weighted by molar-refractivity contribution is 6.08. The largest absolute Gasteiger partial charge is 0.497 e. The smallest absolute Gasteiger partial charge is 0.233 e. The van der Waals surface area contributed by atoms with Crippen LogP contribution in [0.4, 0.5) is 17.1 Å². The normalized spacial score (nSPS) is 13.7. The Kier molecular flexibility index (Phi) is 6.27. The number of para-hydroxylation sites is 2. The Morgan fingerprint density at radius 3 is 2.37 bits per heavy atom. The van der Waals surface area contributed by atoms with Gasteiger partial charge in [0.25, 0.3) is 0 Å². The zero-order chi connectivity index (χ0) is 19.1. The van der Waals surface area contributed by atoms with E-state index >= 15 is 0 Å². The van der Waals surface area contributed by atoms with Crippen molar-refractivity contribution in [3.8, 4) is 5.75 Å². The molecule has 0 unspecified atom stereocenters. The Balaban J connectivity index is 1.57. The van der Waals surface area contributed by atoms with Crippen LogP contribution in [-0.2, 0) is 14.3 Å². The molecule has 2 N–H and O–H groups in total. The summed E-state index contributed by atoms with van der Waals surface area (Å²) in [5, 5.41) is 5.55. The van der Waals surface area contributed by atoms with Crippen molar-refractivity contribution < 1.29 is 19.1 Å². The fourth-order valence-corrected chi connectivity index (χ4v) is 2.88. The monoisotopic (exact) mass is 369 g/mol. The lowest BCUT2D eigenvalue weighted by Crippen LogP contribution is -2.36. The fourth-order valence-electron chi connectivity index (χ4n) is 2.88. The number of rotatable bonds is 6. The highest BCUT2D eigenvalue weighted by Gasteiger charge is 2.17. The van der Waals surface area contributed by atoms with Gasteiger partial charge in [-0.05, 0) is 36.4 Å². The molecule has 1 fully saturated rings. The van der Waals surface area contributed by atoms with Gasteiger partial charge in [0.1, 0.15) is 12.2 Å². The zero-order valence-corrected chi connectivity index (χ0v) is 15.2. The second-order valence-electron chi connectivity index (χ2n) is 6.12. The molecule has 2 aromatic rings. The van der Waals surface area contributed by atoms with E-state index in [9.17, 15) is 9.59 Å². The minimum absolute atomic E-state index is 0.260. The van der Waals surface area contributed by atoms with Crippen molar-refractivity contribution in [2.45, 2.75) is 6.42 Å². The average Bonchev–Trinajstić information content (AvgIpc) is 2.69. The lowest BCUT2D eigenvalue weighted by atomic mass is 10.2. The molecule has 0 aliphatic carbocycles. The number of nitrogens with zero attached hydrogens (tertiary/aromatic N) is 1. The lowest BCUT2D eigenvalue weighted by Gasteiger charge is -2.30. The third-order valence-corrected chi connectivity index (χ3v) is 4.22. The average molecular weight is 369 g/mol. The summed E-state index contributed by atoms with van der Waals surface area (Å²) in [6.45, 7) is 2.86. The van der Waals surface area contributed by atoms with E-state index < -0.39 is 0 Å². The van der Waals surface area contributed by atoms with Crippen LogP contribution in [0.1, 0.15) is 6.42 Å². The van der Waals surface area contributed by atoms with E-state index in [1.165, 1.54) is 0 Å². The molecule has 0 radical (unpaired) electrons. The van der Waals surface area contributed by atoms with Crippen molar-refractivity contribution in [3.05, 3.63) is 48.5 Å². The first-order valence-electron chi connectivity index (χ1n) is 8.81. The molecule has 7 nitrogen and oxygen atoms in total. The van der Waals surface area contributed by atoms with Crippen LogP contribution >= 0.6 is 0 Å². The first kappa shape index (κ1) is 18.7. The molecule has 27 heavy (non-hydrogen) atoms. The molecule has 0 bridgehead atoms. The summed E-state index contributed by atoms with van der Waals surface area (Å²) in [5.74, 6) is -0.0336. The number of anilines is 3. The van der Waals surface area contributed by atoms with Gasteiger partial charge in [0, 0.05) is 18.8 Å². The topological polar surface area (TPSA) is 79.9 Å². The number of hydrogen-bond donors (Lipinski definition) is 2. The molecule has 7 heteroatoms. The van der Waals surface area contributed by atoms with Gasteiger partial charge in [-0.25, -0.2) is 0 Å². The maximum atomic E-state index is 12.3. The molecule has 1 aliphatic rings. The van der Waals surface area contributed by atoms with Crippen LogP contribution in [0.3, 0.4) is 0 Å². The predicted octanol–water partition coefficient (Wildman–Crippen LogP) is 2.50. The van der Waals surface area contributed by atoms with Crippen LogP contribution in [0.15, 0.2) is 48.5 Å². The van der Waals surface area contributed by atoms with Gasteiger partial charge in [-0.3, -0.25) is 9.59 Å². The molecule has 0 spiro atoms. The van der Waals surface area contributed by atoms with Gasteiger partial charge in [-0.1, -0.05) is 12.1 Å². The summed E-state index contributed by atoms with van der Waals surface area (Å²) >= 11 is 0. The number of amides is 2. The molecule has 142 valence electrons. The highest BCUT2D eigenvalue weighted by atomic mass is 16.5. The lowest BCUT2D eigenvalue weighted by molar-refractivity contribution is -0.123. The van der Waals surface area contributed by atoms with Gasteiger partial charge in [0.05, 0.1) is 31.7 Å². The van der Waals surface area contributed by atoms with Gasteiger partial charge < -0.3 is 25.0 Å². The van der Waals surface area contributed by atoms with Crippen LogP contribution in [0.5, 0.6) is 5.75 Å². The van der Waals surface area contributed by atoms with E-state index in [2.05, 4.69) is 15.5 Å². The van der Waals surface area contributed by atoms with Crippen molar-refractivity contribution >= 4 is 28.9 Å². The highest BCUT2D eigenvalue weighted by Crippen LogP contribution is 2.26. The Morgan fingerprint density at radius 1 is 1.00 bits per heavy atom. The summed E-state index contributed by atoms with van der Waals surface area (Å²) in [4.78, 5) is 26.6. The zero-order valence-electron chi connectivity index (χ0n) is 15.2. The van der Waals surface area contributed by atoms with Crippen LogP contribution in [0.25, 0.3) is 0 Å². The van der Waals surface area contributed by atoms with Crippen molar-refractivity contribution in [1.29, 1.82) is 0 Å². The number of hydrogen-bond acceptors (Lipinski definition) is 5. The van der Waals surface area contributed by atoms with Gasteiger partial charge in [-0.2, -0.15) is 0 Å². The number of carbonyl (C=O) groups excluding carboxylic acids is 2. The number of carbonyl (C=O) groups is 2. The van der Waals surface area contributed by atoms with E-state index in [-0.39, 0.29) is 18.2 Å². The van der Waals surface area contributed by atoms with Gasteiger partial charge in [-0.15, -0.1) is 0 Å². The van der Waals surface area contributed by atoms with E-state index in [1.807, 2.05) is 24.3 Å². The molecule has 2 amide bonds. The Labute approximate surface area is 158 Å². The minimum atomic E-state index is -0.374. The third-order valence-electron chi connectivity index (χ3n) is 4.22. The van der Waals surface area contributed by atoms with Crippen molar-refractivity contribution in [2.24, 2.45) is 0 Å². The van der Waals surface area contributed by atoms with Gasteiger partial charge >= 0.3 is 0 Å². The summed E-state index contributed by atoms with van der Waals surface area (Å²) < 4.78 is 10.5. The van der Waals surface area contributed by atoms with Crippen molar-refractivity contribution in [2.75, 3.05) is 48.9 Å². The molecule has 1 heterocycles. The molecule has 0 aromatic heterocycles. The van der Waals surface area contributed by atoms with Crippen LogP contribution in [-0.4, -0.2) is 45.2 Å². The summed E-state index contributed by atoms with van der Waals surface area (Å²) in [6.07, 6.45) is -0.260. The van der Waals surface area contributed by atoms with E-state index in [4.69, 9.17) is 9.47 Å². The molecular weight excluding hydrogens is 346 g/mol. The number of nitrogens with one attached hydrogen (secondary N) is 2. The quantitative estimate of drug-likeness (QED) is 0.765. The van der Waals surface area contributed by atoms with E-state index in [0.717, 1.165) is 18.8 Å².